The number of aliphatic hydroxyl groups is 1. The lowest BCUT2D eigenvalue weighted by molar-refractivity contribution is -0.00243. The van der Waals surface area contributed by atoms with E-state index in [2.05, 4.69) is 4.90 Å². The van der Waals surface area contributed by atoms with Crippen LogP contribution in [0.15, 0.2) is 24.3 Å². The summed E-state index contributed by atoms with van der Waals surface area (Å²) in [7, 11) is 0. The third-order valence-electron chi connectivity index (χ3n) is 3.39. The fraction of sp³-hybridized carbons (Fsp3) is 0.600. The Morgan fingerprint density at radius 2 is 2.05 bits per heavy atom. The van der Waals surface area contributed by atoms with Gasteiger partial charge in [-0.2, -0.15) is 0 Å². The number of likely N-dealkylation sites (tertiary alicyclic amines) is 1. The summed E-state index contributed by atoms with van der Waals surface area (Å²) < 4.78 is 23.7. The second-order valence-corrected chi connectivity index (χ2v) is 4.98. The standard InChI is InChI=1S/C15H22FNO3/c1-2-19-15-11-17(10-14(15)18)8-3-9-20-13-6-4-12(16)5-7-13/h4-7,14-15,18H,2-3,8-11H2,1H3/t14-,15-/m0/s1. The number of rotatable bonds is 7. The van der Waals surface area contributed by atoms with Crippen molar-refractivity contribution in [2.75, 3.05) is 32.8 Å². The molecule has 1 saturated heterocycles. The number of benzene rings is 1. The van der Waals surface area contributed by atoms with E-state index >= 15 is 0 Å². The smallest absolute Gasteiger partial charge is 0.123 e. The van der Waals surface area contributed by atoms with Crippen LogP contribution in [0, 0.1) is 5.82 Å². The molecule has 0 saturated carbocycles. The Kier molecular flexibility index (Phi) is 5.76. The minimum Gasteiger partial charge on any atom is -0.494 e. The summed E-state index contributed by atoms with van der Waals surface area (Å²) >= 11 is 0. The van der Waals surface area contributed by atoms with Crippen molar-refractivity contribution in [3.8, 4) is 5.75 Å². The van der Waals surface area contributed by atoms with E-state index in [1.807, 2.05) is 6.92 Å². The molecular formula is C15H22FNO3. The number of hydrogen-bond donors (Lipinski definition) is 1. The van der Waals surface area contributed by atoms with Crippen LogP contribution in [0.4, 0.5) is 4.39 Å². The molecule has 0 unspecified atom stereocenters. The van der Waals surface area contributed by atoms with Crippen molar-refractivity contribution in [1.82, 2.24) is 4.90 Å². The van der Waals surface area contributed by atoms with Gasteiger partial charge in [0.2, 0.25) is 0 Å². The zero-order chi connectivity index (χ0) is 14.4. The molecule has 1 aliphatic rings. The maximum absolute atomic E-state index is 12.7. The van der Waals surface area contributed by atoms with Crippen LogP contribution >= 0.6 is 0 Å². The monoisotopic (exact) mass is 283 g/mol. The van der Waals surface area contributed by atoms with Crippen LogP contribution < -0.4 is 4.74 Å². The van der Waals surface area contributed by atoms with Crippen LogP contribution in [0.1, 0.15) is 13.3 Å². The second-order valence-electron chi connectivity index (χ2n) is 4.98. The van der Waals surface area contributed by atoms with E-state index in [0.29, 0.717) is 25.5 Å². The minimum absolute atomic E-state index is 0.0713. The Balaban J connectivity index is 1.63. The van der Waals surface area contributed by atoms with Gasteiger partial charge in [0.25, 0.3) is 0 Å². The molecule has 20 heavy (non-hydrogen) atoms. The Bertz CT molecular complexity index is 399. The zero-order valence-corrected chi connectivity index (χ0v) is 11.8. The van der Waals surface area contributed by atoms with E-state index in [-0.39, 0.29) is 11.9 Å². The Morgan fingerprint density at radius 3 is 2.75 bits per heavy atom. The van der Waals surface area contributed by atoms with Crippen molar-refractivity contribution >= 4 is 0 Å². The third kappa shape index (κ3) is 4.44. The summed E-state index contributed by atoms with van der Waals surface area (Å²) in [6.07, 6.45) is 0.397. The van der Waals surface area contributed by atoms with Crippen molar-refractivity contribution in [1.29, 1.82) is 0 Å². The molecule has 1 N–H and O–H groups in total. The molecule has 0 radical (unpaired) electrons. The summed E-state index contributed by atoms with van der Waals surface area (Å²) in [5, 5.41) is 9.82. The van der Waals surface area contributed by atoms with E-state index in [9.17, 15) is 9.50 Å². The van der Waals surface area contributed by atoms with Gasteiger partial charge in [0.15, 0.2) is 0 Å². The van der Waals surface area contributed by atoms with Gasteiger partial charge in [-0.25, -0.2) is 4.39 Å². The molecule has 0 amide bonds. The first-order chi connectivity index (χ1) is 9.69. The molecule has 2 atom stereocenters. The molecule has 2 rings (SSSR count). The summed E-state index contributed by atoms with van der Waals surface area (Å²) in [5.41, 5.74) is 0. The molecule has 1 heterocycles. The maximum atomic E-state index is 12.7. The largest absolute Gasteiger partial charge is 0.494 e. The van der Waals surface area contributed by atoms with Crippen molar-refractivity contribution in [2.45, 2.75) is 25.6 Å². The van der Waals surface area contributed by atoms with Gasteiger partial charge in [-0.15, -0.1) is 0 Å². The SMILES string of the molecule is CCO[C@H]1CN(CCCOc2ccc(F)cc2)C[C@@H]1O. The Labute approximate surface area is 119 Å². The fourth-order valence-corrected chi connectivity index (χ4v) is 2.40. The summed E-state index contributed by atoms with van der Waals surface area (Å²) in [4.78, 5) is 2.18. The molecule has 112 valence electrons. The van der Waals surface area contributed by atoms with Gasteiger partial charge in [-0.05, 0) is 37.6 Å². The maximum Gasteiger partial charge on any atom is 0.123 e. The quantitative estimate of drug-likeness (QED) is 0.773. The molecule has 0 spiro atoms. The number of halogens is 1. The van der Waals surface area contributed by atoms with E-state index in [0.717, 1.165) is 19.5 Å². The molecule has 0 bridgehead atoms. The van der Waals surface area contributed by atoms with Crippen LogP contribution in [0.2, 0.25) is 0 Å². The molecule has 1 aromatic carbocycles. The van der Waals surface area contributed by atoms with E-state index in [1.54, 1.807) is 12.1 Å². The van der Waals surface area contributed by atoms with Gasteiger partial charge >= 0.3 is 0 Å². The highest BCUT2D eigenvalue weighted by molar-refractivity contribution is 5.21. The van der Waals surface area contributed by atoms with Gasteiger partial charge in [-0.3, -0.25) is 4.90 Å². The second kappa shape index (κ2) is 7.57. The highest BCUT2D eigenvalue weighted by Gasteiger charge is 2.31. The Hall–Kier alpha value is -1.17. The molecular weight excluding hydrogens is 261 g/mol. The predicted molar refractivity (Wildman–Crippen MR) is 74.4 cm³/mol. The summed E-state index contributed by atoms with van der Waals surface area (Å²) in [6.45, 7) is 5.43. The third-order valence-corrected chi connectivity index (χ3v) is 3.39. The van der Waals surface area contributed by atoms with Crippen molar-refractivity contribution in [3.63, 3.8) is 0 Å². The number of aliphatic hydroxyl groups excluding tert-OH is 1. The lowest BCUT2D eigenvalue weighted by Crippen LogP contribution is -2.27. The molecule has 5 heteroatoms. The van der Waals surface area contributed by atoms with Crippen LogP contribution in [0.5, 0.6) is 5.75 Å². The number of ether oxygens (including phenoxy) is 2. The van der Waals surface area contributed by atoms with Crippen LogP contribution in [0.25, 0.3) is 0 Å². The average molecular weight is 283 g/mol. The van der Waals surface area contributed by atoms with Gasteiger partial charge in [0.05, 0.1) is 18.8 Å². The number of hydrogen-bond acceptors (Lipinski definition) is 4. The molecule has 1 aliphatic heterocycles. The number of β-amino-alcohol motifs (C(OH)–C–C–N with tert-alkyl or cyclic N) is 1. The van der Waals surface area contributed by atoms with Crippen molar-refractivity contribution < 1.29 is 19.0 Å². The first-order valence-corrected chi connectivity index (χ1v) is 7.09. The Morgan fingerprint density at radius 1 is 1.30 bits per heavy atom. The molecule has 0 aromatic heterocycles. The lowest BCUT2D eigenvalue weighted by atomic mass is 10.3. The van der Waals surface area contributed by atoms with Crippen molar-refractivity contribution in [2.24, 2.45) is 0 Å². The van der Waals surface area contributed by atoms with Gasteiger partial charge in [0, 0.05) is 26.2 Å². The normalized spacial score (nSPS) is 23.1. The van der Waals surface area contributed by atoms with E-state index in [1.165, 1.54) is 12.1 Å². The first kappa shape index (κ1) is 15.2. The van der Waals surface area contributed by atoms with E-state index in [4.69, 9.17) is 9.47 Å². The average Bonchev–Trinajstić information content (AvgIpc) is 2.78. The lowest BCUT2D eigenvalue weighted by Gasteiger charge is -2.15. The van der Waals surface area contributed by atoms with Gasteiger partial charge < -0.3 is 14.6 Å². The highest BCUT2D eigenvalue weighted by Crippen LogP contribution is 2.15. The molecule has 0 aliphatic carbocycles. The van der Waals surface area contributed by atoms with Crippen LogP contribution in [-0.4, -0.2) is 55.1 Å². The van der Waals surface area contributed by atoms with Crippen LogP contribution in [-0.2, 0) is 4.74 Å². The highest BCUT2D eigenvalue weighted by atomic mass is 19.1. The van der Waals surface area contributed by atoms with Gasteiger partial charge in [0.1, 0.15) is 11.6 Å². The molecule has 1 aromatic rings. The molecule has 4 nitrogen and oxygen atoms in total. The topological polar surface area (TPSA) is 41.9 Å². The predicted octanol–water partition coefficient (Wildman–Crippen LogP) is 1.68. The number of nitrogens with zero attached hydrogens (tertiary/aromatic N) is 1. The summed E-state index contributed by atoms with van der Waals surface area (Å²) in [6, 6.07) is 6.03. The molecule has 1 fully saturated rings. The van der Waals surface area contributed by atoms with E-state index < -0.39 is 6.10 Å². The van der Waals surface area contributed by atoms with Crippen molar-refractivity contribution in [3.05, 3.63) is 30.1 Å². The zero-order valence-electron chi connectivity index (χ0n) is 11.8. The van der Waals surface area contributed by atoms with Crippen LogP contribution in [0.3, 0.4) is 0 Å². The fourth-order valence-electron chi connectivity index (χ4n) is 2.40. The summed E-state index contributed by atoms with van der Waals surface area (Å²) in [5.74, 6) is 0.422. The minimum atomic E-state index is -0.395. The van der Waals surface area contributed by atoms with Gasteiger partial charge in [-0.1, -0.05) is 0 Å². The first-order valence-electron chi connectivity index (χ1n) is 7.09.